The molecule has 0 radical (unpaired) electrons. The van der Waals surface area contributed by atoms with Gasteiger partial charge in [0, 0.05) is 43.4 Å². The van der Waals surface area contributed by atoms with Crippen LogP contribution >= 0.6 is 35.7 Å². The van der Waals surface area contributed by atoms with E-state index in [9.17, 15) is 8.42 Å². The predicted molar refractivity (Wildman–Crippen MR) is 113 cm³/mol. The van der Waals surface area contributed by atoms with Gasteiger partial charge in [-0.3, -0.25) is 4.99 Å². The number of nitrogens with one attached hydrogen (secondary N) is 1. The third-order valence-corrected chi connectivity index (χ3v) is 6.16. The molecule has 2 rings (SSSR count). The second kappa shape index (κ2) is 8.75. The summed E-state index contributed by atoms with van der Waals surface area (Å²) < 4.78 is 23.2. The molecule has 1 aliphatic rings. The van der Waals surface area contributed by atoms with Gasteiger partial charge in [0.05, 0.1) is 4.90 Å². The van der Waals surface area contributed by atoms with Crippen molar-refractivity contribution in [3.63, 3.8) is 0 Å². The van der Waals surface area contributed by atoms with Crippen LogP contribution in [0.1, 0.15) is 19.4 Å². The van der Waals surface area contributed by atoms with E-state index in [1.54, 1.807) is 19.2 Å². The molecule has 0 aromatic heterocycles. The molecule has 1 N–H and O–H groups in total. The standard InChI is InChI=1S/C16H25N3O2S2.HI/c1-16(2)12-19(9-10-22-16)15(17-3)18-11-13-5-7-14(8-6-13)23(4,20)21;/h5-8H,9-12H2,1-4H3,(H,17,18);1H. The summed E-state index contributed by atoms with van der Waals surface area (Å²) in [5, 5.41) is 3.37. The monoisotopic (exact) mass is 483 g/mol. The summed E-state index contributed by atoms with van der Waals surface area (Å²) in [5.74, 6) is 1.99. The molecule has 1 fully saturated rings. The maximum atomic E-state index is 11.5. The SMILES string of the molecule is CN=C(NCc1ccc(S(C)(=O)=O)cc1)N1CCSC(C)(C)C1.I. The van der Waals surface area contributed by atoms with Crippen LogP contribution in [0.15, 0.2) is 34.2 Å². The molecular weight excluding hydrogens is 457 g/mol. The van der Waals surface area contributed by atoms with E-state index in [2.05, 4.69) is 29.1 Å². The average molecular weight is 483 g/mol. The van der Waals surface area contributed by atoms with Crippen LogP contribution in [-0.4, -0.2) is 56.2 Å². The number of guanidine groups is 1. The lowest BCUT2D eigenvalue weighted by Crippen LogP contribution is -2.50. The molecule has 5 nitrogen and oxygen atoms in total. The van der Waals surface area contributed by atoms with Crippen molar-refractivity contribution >= 4 is 51.5 Å². The molecule has 0 atom stereocenters. The Bertz CT molecular complexity index is 673. The lowest BCUT2D eigenvalue weighted by molar-refractivity contribution is 0.375. The number of hydrogen-bond donors (Lipinski definition) is 1. The molecule has 0 spiro atoms. The van der Waals surface area contributed by atoms with Crippen molar-refractivity contribution in [1.82, 2.24) is 10.2 Å². The molecule has 1 heterocycles. The highest BCUT2D eigenvalue weighted by molar-refractivity contribution is 14.0. The van der Waals surface area contributed by atoms with Gasteiger partial charge in [0.2, 0.25) is 0 Å². The number of nitrogens with zero attached hydrogens (tertiary/aromatic N) is 2. The molecular formula is C16H26IN3O2S2. The summed E-state index contributed by atoms with van der Waals surface area (Å²) in [6.45, 7) is 7.08. The molecule has 1 saturated heterocycles. The number of sulfone groups is 1. The van der Waals surface area contributed by atoms with Crippen molar-refractivity contribution in [3.8, 4) is 0 Å². The third kappa shape index (κ3) is 6.11. The summed E-state index contributed by atoms with van der Waals surface area (Å²) >= 11 is 1.99. The van der Waals surface area contributed by atoms with Gasteiger partial charge < -0.3 is 10.2 Å². The highest BCUT2D eigenvalue weighted by atomic mass is 127. The third-order valence-electron chi connectivity index (χ3n) is 3.74. The van der Waals surface area contributed by atoms with Crippen LogP contribution in [-0.2, 0) is 16.4 Å². The van der Waals surface area contributed by atoms with Crippen molar-refractivity contribution in [3.05, 3.63) is 29.8 Å². The minimum Gasteiger partial charge on any atom is -0.352 e. The van der Waals surface area contributed by atoms with Crippen molar-refractivity contribution in [2.75, 3.05) is 32.1 Å². The molecule has 0 aliphatic carbocycles. The quantitative estimate of drug-likeness (QED) is 0.407. The second-order valence-corrected chi connectivity index (χ2v) is 10.2. The van der Waals surface area contributed by atoms with E-state index in [-0.39, 0.29) is 28.7 Å². The van der Waals surface area contributed by atoms with Crippen molar-refractivity contribution in [2.24, 2.45) is 4.99 Å². The van der Waals surface area contributed by atoms with Crippen LogP contribution in [0.3, 0.4) is 0 Å². The Morgan fingerprint density at radius 3 is 2.46 bits per heavy atom. The fourth-order valence-corrected chi connectivity index (χ4v) is 4.31. The summed E-state index contributed by atoms with van der Waals surface area (Å²) in [4.78, 5) is 7.00. The van der Waals surface area contributed by atoms with E-state index in [1.807, 2.05) is 23.9 Å². The number of halogens is 1. The summed E-state index contributed by atoms with van der Waals surface area (Å²) in [5.41, 5.74) is 1.03. The molecule has 0 amide bonds. The Morgan fingerprint density at radius 2 is 1.96 bits per heavy atom. The fraction of sp³-hybridized carbons (Fsp3) is 0.562. The Balaban J connectivity index is 0.00000288. The summed E-state index contributed by atoms with van der Waals surface area (Å²) in [7, 11) is -1.34. The molecule has 136 valence electrons. The highest BCUT2D eigenvalue weighted by Gasteiger charge is 2.28. The largest absolute Gasteiger partial charge is 0.352 e. The van der Waals surface area contributed by atoms with Gasteiger partial charge in [-0.25, -0.2) is 8.42 Å². The zero-order valence-electron chi connectivity index (χ0n) is 14.6. The maximum Gasteiger partial charge on any atom is 0.193 e. The second-order valence-electron chi connectivity index (χ2n) is 6.35. The van der Waals surface area contributed by atoms with Gasteiger partial charge in [0.15, 0.2) is 15.8 Å². The lowest BCUT2D eigenvalue weighted by Gasteiger charge is -2.39. The average Bonchev–Trinajstić information content (AvgIpc) is 2.46. The van der Waals surface area contributed by atoms with Crippen molar-refractivity contribution < 1.29 is 8.42 Å². The predicted octanol–water partition coefficient (Wildman–Crippen LogP) is 2.61. The van der Waals surface area contributed by atoms with Crippen molar-refractivity contribution in [2.45, 2.75) is 30.0 Å². The number of hydrogen-bond acceptors (Lipinski definition) is 4. The number of aliphatic imine (C=N–C) groups is 1. The Kier molecular flexibility index (Phi) is 7.86. The molecule has 0 bridgehead atoms. The van der Waals surface area contributed by atoms with Crippen LogP contribution in [0.2, 0.25) is 0 Å². The van der Waals surface area contributed by atoms with Gasteiger partial charge >= 0.3 is 0 Å². The zero-order valence-corrected chi connectivity index (χ0v) is 18.5. The van der Waals surface area contributed by atoms with E-state index in [4.69, 9.17) is 0 Å². The van der Waals surface area contributed by atoms with E-state index in [1.165, 1.54) is 6.26 Å². The zero-order chi connectivity index (χ0) is 17.1. The van der Waals surface area contributed by atoms with Gasteiger partial charge in [0.25, 0.3) is 0 Å². The number of rotatable bonds is 3. The molecule has 1 aromatic carbocycles. The molecule has 8 heteroatoms. The molecule has 24 heavy (non-hydrogen) atoms. The van der Waals surface area contributed by atoms with Gasteiger partial charge in [-0.1, -0.05) is 12.1 Å². The van der Waals surface area contributed by atoms with Crippen LogP contribution in [0.4, 0.5) is 0 Å². The Labute approximate surface area is 166 Å². The number of benzene rings is 1. The van der Waals surface area contributed by atoms with Crippen LogP contribution in [0.5, 0.6) is 0 Å². The smallest absolute Gasteiger partial charge is 0.193 e. The maximum absolute atomic E-state index is 11.5. The van der Waals surface area contributed by atoms with E-state index >= 15 is 0 Å². The minimum absolute atomic E-state index is 0. The fourth-order valence-electron chi connectivity index (χ4n) is 2.57. The minimum atomic E-state index is -3.14. The first kappa shape index (κ1) is 21.6. The summed E-state index contributed by atoms with van der Waals surface area (Å²) in [6, 6.07) is 6.98. The van der Waals surface area contributed by atoms with E-state index in [0.29, 0.717) is 11.4 Å². The van der Waals surface area contributed by atoms with Crippen molar-refractivity contribution in [1.29, 1.82) is 0 Å². The molecule has 1 aromatic rings. The topological polar surface area (TPSA) is 61.8 Å². The molecule has 1 aliphatic heterocycles. The first-order chi connectivity index (χ1) is 10.7. The van der Waals surface area contributed by atoms with Gasteiger partial charge in [0.1, 0.15) is 0 Å². The molecule has 0 saturated carbocycles. The van der Waals surface area contributed by atoms with Gasteiger partial charge in [-0.2, -0.15) is 11.8 Å². The Morgan fingerprint density at radius 1 is 1.33 bits per heavy atom. The molecule has 0 unspecified atom stereocenters. The first-order valence-corrected chi connectivity index (χ1v) is 10.5. The van der Waals surface area contributed by atoms with Crippen LogP contribution in [0, 0.1) is 0 Å². The van der Waals surface area contributed by atoms with Gasteiger partial charge in [-0.15, -0.1) is 24.0 Å². The van der Waals surface area contributed by atoms with Crippen LogP contribution < -0.4 is 5.32 Å². The summed E-state index contributed by atoms with van der Waals surface area (Å²) in [6.07, 6.45) is 1.22. The lowest BCUT2D eigenvalue weighted by atomic mass is 10.2. The Hall–Kier alpha value is -0.480. The van der Waals surface area contributed by atoms with Gasteiger partial charge in [-0.05, 0) is 31.5 Å². The van der Waals surface area contributed by atoms with E-state index in [0.717, 1.165) is 30.4 Å². The normalized spacial score (nSPS) is 18.0. The van der Waals surface area contributed by atoms with Crippen LogP contribution in [0.25, 0.3) is 0 Å². The number of thioether (sulfide) groups is 1. The van der Waals surface area contributed by atoms with E-state index < -0.39 is 9.84 Å². The first-order valence-electron chi connectivity index (χ1n) is 7.60. The highest BCUT2D eigenvalue weighted by Crippen LogP contribution is 2.29.